The SMILES string of the molecule is O=C(O)c1cc(F)ccc1COCCCc1ccccc1. The summed E-state index contributed by atoms with van der Waals surface area (Å²) in [6, 6.07) is 13.8. The van der Waals surface area contributed by atoms with E-state index in [0.717, 1.165) is 18.9 Å². The monoisotopic (exact) mass is 288 g/mol. The molecule has 0 fully saturated rings. The average Bonchev–Trinajstić information content (AvgIpc) is 2.49. The number of ether oxygens (including phenoxy) is 1. The van der Waals surface area contributed by atoms with Crippen LogP contribution in [0.25, 0.3) is 0 Å². The molecule has 21 heavy (non-hydrogen) atoms. The molecule has 0 aliphatic carbocycles. The van der Waals surface area contributed by atoms with Gasteiger partial charge in [0.1, 0.15) is 5.82 Å². The molecule has 0 radical (unpaired) electrons. The number of aromatic carboxylic acids is 1. The fraction of sp³-hybridized carbons (Fsp3) is 0.235. The number of carboxylic acids is 1. The van der Waals surface area contributed by atoms with Gasteiger partial charge in [0.15, 0.2) is 0 Å². The van der Waals surface area contributed by atoms with Crippen molar-refractivity contribution in [3.63, 3.8) is 0 Å². The van der Waals surface area contributed by atoms with E-state index in [1.807, 2.05) is 18.2 Å². The van der Waals surface area contributed by atoms with Gasteiger partial charge in [0.2, 0.25) is 0 Å². The van der Waals surface area contributed by atoms with Gasteiger partial charge in [-0.15, -0.1) is 0 Å². The first kappa shape index (κ1) is 15.2. The summed E-state index contributed by atoms with van der Waals surface area (Å²) in [5, 5.41) is 9.02. The van der Waals surface area contributed by atoms with Gasteiger partial charge in [0.05, 0.1) is 12.2 Å². The Hall–Kier alpha value is -2.20. The van der Waals surface area contributed by atoms with Crippen LogP contribution in [0.5, 0.6) is 0 Å². The number of benzene rings is 2. The first-order valence-corrected chi connectivity index (χ1v) is 6.80. The lowest BCUT2D eigenvalue weighted by molar-refractivity contribution is 0.0686. The number of carbonyl (C=O) groups is 1. The van der Waals surface area contributed by atoms with Crippen molar-refractivity contribution < 1.29 is 19.0 Å². The van der Waals surface area contributed by atoms with Crippen LogP contribution in [0.2, 0.25) is 0 Å². The third-order valence-electron chi connectivity index (χ3n) is 3.16. The van der Waals surface area contributed by atoms with Gasteiger partial charge in [-0.2, -0.15) is 0 Å². The number of hydrogen-bond acceptors (Lipinski definition) is 2. The molecule has 0 atom stereocenters. The normalized spacial score (nSPS) is 10.5. The maximum atomic E-state index is 13.0. The third kappa shape index (κ3) is 4.68. The molecular weight excluding hydrogens is 271 g/mol. The highest BCUT2D eigenvalue weighted by Crippen LogP contribution is 2.13. The first-order chi connectivity index (χ1) is 10.2. The molecule has 0 saturated carbocycles. The Kier molecular flexibility index (Phi) is 5.46. The molecule has 0 heterocycles. The van der Waals surface area contributed by atoms with Gasteiger partial charge in [-0.1, -0.05) is 36.4 Å². The zero-order valence-electron chi connectivity index (χ0n) is 11.6. The minimum atomic E-state index is -1.14. The van der Waals surface area contributed by atoms with Crippen LogP contribution in [0.1, 0.15) is 27.9 Å². The molecule has 110 valence electrons. The van der Waals surface area contributed by atoms with Crippen LogP contribution >= 0.6 is 0 Å². The third-order valence-corrected chi connectivity index (χ3v) is 3.16. The Labute approximate surface area is 123 Å². The summed E-state index contributed by atoms with van der Waals surface area (Å²) in [6.45, 7) is 0.710. The summed E-state index contributed by atoms with van der Waals surface area (Å²) in [4.78, 5) is 11.0. The number of hydrogen-bond donors (Lipinski definition) is 1. The van der Waals surface area contributed by atoms with Crippen molar-refractivity contribution in [3.8, 4) is 0 Å². The van der Waals surface area contributed by atoms with Crippen LogP contribution in [0.4, 0.5) is 4.39 Å². The number of carboxylic acid groups (broad SMARTS) is 1. The molecule has 0 aliphatic heterocycles. The molecule has 2 aromatic rings. The molecule has 0 bridgehead atoms. The second kappa shape index (κ2) is 7.55. The van der Waals surface area contributed by atoms with Crippen LogP contribution in [0.3, 0.4) is 0 Å². The Bertz CT molecular complexity index is 596. The van der Waals surface area contributed by atoms with Crippen LogP contribution in [0.15, 0.2) is 48.5 Å². The Morgan fingerprint density at radius 3 is 2.62 bits per heavy atom. The molecule has 0 saturated heterocycles. The van der Waals surface area contributed by atoms with Gasteiger partial charge in [-0.05, 0) is 36.1 Å². The van der Waals surface area contributed by atoms with Gasteiger partial charge in [-0.3, -0.25) is 0 Å². The Balaban J connectivity index is 1.80. The summed E-state index contributed by atoms with van der Waals surface area (Å²) < 4.78 is 18.5. The summed E-state index contributed by atoms with van der Waals surface area (Å²) >= 11 is 0. The van der Waals surface area contributed by atoms with Crippen molar-refractivity contribution in [3.05, 3.63) is 71.0 Å². The maximum absolute atomic E-state index is 13.0. The van der Waals surface area contributed by atoms with Crippen LogP contribution in [-0.4, -0.2) is 17.7 Å². The Morgan fingerprint density at radius 1 is 1.14 bits per heavy atom. The number of rotatable bonds is 7. The Morgan fingerprint density at radius 2 is 1.90 bits per heavy atom. The van der Waals surface area contributed by atoms with E-state index in [0.29, 0.717) is 12.2 Å². The van der Waals surface area contributed by atoms with Crippen LogP contribution in [-0.2, 0) is 17.8 Å². The lowest BCUT2D eigenvalue weighted by Gasteiger charge is -2.08. The van der Waals surface area contributed by atoms with E-state index in [2.05, 4.69) is 12.1 Å². The molecule has 2 aromatic carbocycles. The van der Waals surface area contributed by atoms with E-state index in [1.54, 1.807) is 0 Å². The molecule has 0 amide bonds. The zero-order valence-corrected chi connectivity index (χ0v) is 11.6. The first-order valence-electron chi connectivity index (χ1n) is 6.80. The maximum Gasteiger partial charge on any atom is 0.336 e. The van der Waals surface area contributed by atoms with E-state index < -0.39 is 11.8 Å². The van der Waals surface area contributed by atoms with E-state index in [-0.39, 0.29) is 12.2 Å². The van der Waals surface area contributed by atoms with Crippen molar-refractivity contribution in [2.45, 2.75) is 19.4 Å². The van der Waals surface area contributed by atoms with E-state index in [4.69, 9.17) is 9.84 Å². The van der Waals surface area contributed by atoms with Gasteiger partial charge in [0, 0.05) is 6.61 Å². The molecule has 1 N–H and O–H groups in total. The molecule has 4 heteroatoms. The molecule has 3 nitrogen and oxygen atoms in total. The summed E-state index contributed by atoms with van der Waals surface area (Å²) in [5.41, 5.74) is 1.69. The quantitative estimate of drug-likeness (QED) is 0.791. The lowest BCUT2D eigenvalue weighted by atomic mass is 10.1. The van der Waals surface area contributed by atoms with Crippen molar-refractivity contribution in [2.75, 3.05) is 6.61 Å². The van der Waals surface area contributed by atoms with Gasteiger partial charge >= 0.3 is 5.97 Å². The predicted molar refractivity (Wildman–Crippen MR) is 77.8 cm³/mol. The molecular formula is C17H17FO3. The molecule has 2 rings (SSSR count). The van der Waals surface area contributed by atoms with E-state index in [9.17, 15) is 9.18 Å². The zero-order chi connectivity index (χ0) is 15.1. The largest absolute Gasteiger partial charge is 0.478 e. The minimum absolute atomic E-state index is 0.0435. The van der Waals surface area contributed by atoms with Crippen LogP contribution < -0.4 is 0 Å². The number of halogens is 1. The summed E-state index contributed by atoms with van der Waals surface area (Å²) in [7, 11) is 0. The van der Waals surface area contributed by atoms with Gasteiger partial charge < -0.3 is 9.84 Å². The van der Waals surface area contributed by atoms with Gasteiger partial charge in [0.25, 0.3) is 0 Å². The highest BCUT2D eigenvalue weighted by Gasteiger charge is 2.11. The second-order valence-corrected chi connectivity index (χ2v) is 4.75. The topological polar surface area (TPSA) is 46.5 Å². The minimum Gasteiger partial charge on any atom is -0.478 e. The molecule has 0 aliphatic rings. The molecule has 0 unspecified atom stereocenters. The fourth-order valence-corrected chi connectivity index (χ4v) is 2.08. The van der Waals surface area contributed by atoms with Crippen molar-refractivity contribution in [2.24, 2.45) is 0 Å². The average molecular weight is 288 g/mol. The van der Waals surface area contributed by atoms with Crippen molar-refractivity contribution in [1.29, 1.82) is 0 Å². The second-order valence-electron chi connectivity index (χ2n) is 4.75. The lowest BCUT2D eigenvalue weighted by Crippen LogP contribution is -2.06. The van der Waals surface area contributed by atoms with Crippen molar-refractivity contribution in [1.82, 2.24) is 0 Å². The number of aryl methyl sites for hydroxylation is 1. The highest BCUT2D eigenvalue weighted by molar-refractivity contribution is 5.89. The summed E-state index contributed by atoms with van der Waals surface area (Å²) in [5.74, 6) is -1.70. The molecule has 0 spiro atoms. The highest BCUT2D eigenvalue weighted by atomic mass is 19.1. The van der Waals surface area contributed by atoms with Gasteiger partial charge in [-0.25, -0.2) is 9.18 Å². The predicted octanol–water partition coefficient (Wildman–Crippen LogP) is 3.67. The standard InChI is InChI=1S/C17H17FO3/c18-15-9-8-14(16(11-15)17(19)20)12-21-10-4-7-13-5-2-1-3-6-13/h1-3,5-6,8-9,11H,4,7,10,12H2,(H,19,20). The fourth-order valence-electron chi connectivity index (χ4n) is 2.08. The summed E-state index contributed by atoms with van der Waals surface area (Å²) in [6.07, 6.45) is 1.77. The smallest absolute Gasteiger partial charge is 0.336 e. The van der Waals surface area contributed by atoms with Crippen LogP contribution in [0, 0.1) is 5.82 Å². The van der Waals surface area contributed by atoms with E-state index in [1.165, 1.54) is 17.7 Å². The van der Waals surface area contributed by atoms with Crippen molar-refractivity contribution >= 4 is 5.97 Å². The van der Waals surface area contributed by atoms with E-state index >= 15 is 0 Å². The molecule has 0 aromatic heterocycles.